The summed E-state index contributed by atoms with van der Waals surface area (Å²) in [4.78, 5) is 0. The summed E-state index contributed by atoms with van der Waals surface area (Å²) in [7, 11) is 0. The summed E-state index contributed by atoms with van der Waals surface area (Å²) in [5.74, 6) is 0. The van der Waals surface area contributed by atoms with Crippen LogP contribution in [0.4, 0.5) is 0 Å². The highest BCUT2D eigenvalue weighted by Crippen LogP contribution is 2.44. The van der Waals surface area contributed by atoms with Crippen molar-refractivity contribution in [2.24, 2.45) is 0 Å². The van der Waals surface area contributed by atoms with E-state index in [0.717, 1.165) is 0 Å². The molecule has 136 valence electrons. The van der Waals surface area contributed by atoms with Gasteiger partial charge in [0, 0.05) is 0 Å². The first-order valence-corrected chi connectivity index (χ1v) is 8.98. The lowest BCUT2D eigenvalue weighted by atomic mass is 9.88. The third-order valence-electron chi connectivity index (χ3n) is 3.90. The highest BCUT2D eigenvalue weighted by Gasteiger charge is 2.63. The molecule has 5 nitrogen and oxygen atoms in total. The molecule has 0 spiro atoms. The van der Waals surface area contributed by atoms with Crippen LogP contribution in [-0.2, 0) is 23.7 Å². The van der Waals surface area contributed by atoms with Crippen molar-refractivity contribution >= 4 is 0 Å². The predicted octanol–water partition coefficient (Wildman–Crippen LogP) is 2.94. The lowest BCUT2D eigenvalue weighted by Gasteiger charge is -2.42. The van der Waals surface area contributed by atoms with Gasteiger partial charge in [0.05, 0.1) is 24.4 Å². The Morgan fingerprint density at radius 2 is 0.739 bits per heavy atom. The number of ether oxygens (including phenoxy) is 5. The van der Waals surface area contributed by atoms with Crippen molar-refractivity contribution in [2.45, 2.75) is 116 Å². The van der Waals surface area contributed by atoms with Crippen LogP contribution in [0.5, 0.6) is 0 Å². The molecule has 6 atom stereocenters. The summed E-state index contributed by atoms with van der Waals surface area (Å²) in [5, 5.41) is 0. The van der Waals surface area contributed by atoms with Gasteiger partial charge in [-0.05, 0) is 55.4 Å². The van der Waals surface area contributed by atoms with Gasteiger partial charge >= 0.3 is 0 Å². The highest BCUT2D eigenvalue weighted by atomic mass is 16.7. The van der Waals surface area contributed by atoms with E-state index >= 15 is 0 Å². The first kappa shape index (κ1) is 19.1. The largest absolute Gasteiger partial charge is 0.370 e. The molecule has 0 amide bonds. The minimum Gasteiger partial charge on any atom is -0.370 e. The van der Waals surface area contributed by atoms with E-state index in [9.17, 15) is 0 Å². The van der Waals surface area contributed by atoms with Crippen LogP contribution in [0.3, 0.4) is 0 Å². The molecule has 0 radical (unpaired) electrons. The smallest absolute Gasteiger partial charge is 0.116 e. The highest BCUT2D eigenvalue weighted by molar-refractivity contribution is 5.11. The Morgan fingerprint density at radius 3 is 1.00 bits per heavy atom. The summed E-state index contributed by atoms with van der Waals surface area (Å²) in [5.41, 5.74) is 0. The van der Waals surface area contributed by atoms with Crippen LogP contribution in [0.1, 0.15) is 55.4 Å². The van der Waals surface area contributed by atoms with Gasteiger partial charge in [-0.25, -0.2) is 0 Å². The molecule has 5 heteroatoms. The summed E-state index contributed by atoms with van der Waals surface area (Å²) in [6.45, 7) is 16.3. The molecule has 2 rings (SSSR count). The van der Waals surface area contributed by atoms with E-state index in [0.29, 0.717) is 0 Å². The van der Waals surface area contributed by atoms with Crippen LogP contribution in [0.15, 0.2) is 0 Å². The van der Waals surface area contributed by atoms with Gasteiger partial charge in [0.25, 0.3) is 0 Å². The van der Waals surface area contributed by atoms with Crippen LogP contribution in [0, 0.1) is 0 Å². The molecule has 1 heterocycles. The van der Waals surface area contributed by atoms with Gasteiger partial charge in [-0.2, -0.15) is 0 Å². The molecule has 2 fully saturated rings. The fraction of sp³-hybridized carbons (Fsp3) is 1.00. The van der Waals surface area contributed by atoms with Gasteiger partial charge in [-0.1, -0.05) is 0 Å². The summed E-state index contributed by atoms with van der Waals surface area (Å²) >= 11 is 0. The number of rotatable bonds is 8. The van der Waals surface area contributed by atoms with Crippen molar-refractivity contribution in [1.29, 1.82) is 0 Å². The van der Waals surface area contributed by atoms with Crippen LogP contribution in [0.25, 0.3) is 0 Å². The first-order chi connectivity index (χ1) is 10.7. The van der Waals surface area contributed by atoms with Crippen molar-refractivity contribution < 1.29 is 23.7 Å². The topological polar surface area (TPSA) is 49.5 Å². The van der Waals surface area contributed by atoms with Crippen molar-refractivity contribution in [3.05, 3.63) is 0 Å². The first-order valence-electron chi connectivity index (χ1n) is 8.98. The van der Waals surface area contributed by atoms with Crippen LogP contribution >= 0.6 is 0 Å². The van der Waals surface area contributed by atoms with E-state index in [4.69, 9.17) is 23.7 Å². The monoisotopic (exact) mass is 330 g/mol. The van der Waals surface area contributed by atoms with E-state index in [1.165, 1.54) is 0 Å². The number of hydrogen-bond donors (Lipinski definition) is 0. The molecule has 0 bridgehead atoms. The molecule has 0 aromatic rings. The predicted molar refractivity (Wildman–Crippen MR) is 88.7 cm³/mol. The lowest BCUT2D eigenvalue weighted by Crippen LogP contribution is -2.59. The van der Waals surface area contributed by atoms with Crippen LogP contribution < -0.4 is 0 Å². The summed E-state index contributed by atoms with van der Waals surface area (Å²) < 4.78 is 30.6. The number of fused-ring (bicyclic) bond motifs is 1. The van der Waals surface area contributed by atoms with Gasteiger partial charge < -0.3 is 23.7 Å². The third-order valence-corrected chi connectivity index (χ3v) is 3.90. The molecule has 0 N–H and O–H groups in total. The van der Waals surface area contributed by atoms with Crippen molar-refractivity contribution in [1.82, 2.24) is 0 Å². The van der Waals surface area contributed by atoms with E-state index in [1.807, 2.05) is 55.4 Å². The molecule has 0 aromatic heterocycles. The van der Waals surface area contributed by atoms with Gasteiger partial charge in [0.2, 0.25) is 0 Å². The van der Waals surface area contributed by atoms with Crippen LogP contribution in [-0.4, -0.2) is 61.0 Å². The van der Waals surface area contributed by atoms with Gasteiger partial charge in [-0.15, -0.1) is 0 Å². The Morgan fingerprint density at radius 1 is 0.478 bits per heavy atom. The number of hydrogen-bond acceptors (Lipinski definition) is 5. The van der Waals surface area contributed by atoms with Crippen molar-refractivity contribution in [3.63, 3.8) is 0 Å². The van der Waals surface area contributed by atoms with Gasteiger partial charge in [-0.3, -0.25) is 0 Å². The summed E-state index contributed by atoms with van der Waals surface area (Å²) in [6, 6.07) is 0. The molecular weight excluding hydrogens is 296 g/mol. The molecular formula is C18H34O5. The molecule has 2 aliphatic rings. The fourth-order valence-electron chi connectivity index (χ4n) is 3.29. The zero-order chi connectivity index (χ0) is 17.3. The molecule has 1 saturated heterocycles. The Bertz CT molecular complexity index is 334. The van der Waals surface area contributed by atoms with Gasteiger partial charge in [0.1, 0.15) is 36.6 Å². The third kappa shape index (κ3) is 4.89. The number of epoxide rings is 1. The molecule has 0 unspecified atom stereocenters. The average Bonchev–Trinajstić information content (AvgIpc) is 3.16. The maximum atomic E-state index is 6.22. The van der Waals surface area contributed by atoms with Crippen LogP contribution in [0.2, 0.25) is 0 Å². The maximum Gasteiger partial charge on any atom is 0.116 e. The van der Waals surface area contributed by atoms with Gasteiger partial charge in [0.15, 0.2) is 0 Å². The Balaban J connectivity index is 2.24. The standard InChI is InChI=1S/C18H34O5/c1-9(2)19-13-14(20-10(3)4)16(22-12(7)8)18-17(23-18)15(13)21-11(5)6/h9-18H,1-8H3/t13-,14-,15+,16+,17-,18+/m0/s1. The minimum atomic E-state index is -0.188. The normalized spacial score (nSPS) is 37.0. The van der Waals surface area contributed by atoms with E-state index in [1.54, 1.807) is 0 Å². The molecule has 23 heavy (non-hydrogen) atoms. The minimum absolute atomic E-state index is 0.0388. The fourth-order valence-corrected chi connectivity index (χ4v) is 3.29. The van der Waals surface area contributed by atoms with E-state index in [-0.39, 0.29) is 61.0 Å². The summed E-state index contributed by atoms with van der Waals surface area (Å²) in [6.07, 6.45) is -0.112. The lowest BCUT2D eigenvalue weighted by molar-refractivity contribution is -0.221. The van der Waals surface area contributed by atoms with Crippen molar-refractivity contribution in [3.8, 4) is 0 Å². The molecule has 1 aliphatic heterocycles. The second-order valence-corrected chi connectivity index (χ2v) is 7.66. The Kier molecular flexibility index (Phi) is 6.48. The molecule has 0 aromatic carbocycles. The second kappa shape index (κ2) is 7.79. The average molecular weight is 330 g/mol. The zero-order valence-electron chi connectivity index (χ0n) is 15.8. The second-order valence-electron chi connectivity index (χ2n) is 7.66. The SMILES string of the molecule is CC(C)O[C@H]1[C@H](OC(C)C)[C@@H](OC(C)C)[C@@H]2O[C@@H]2[C@@H]1OC(C)C. The molecule has 1 aliphatic carbocycles. The Hall–Kier alpha value is -0.200. The quantitative estimate of drug-likeness (QED) is 0.641. The van der Waals surface area contributed by atoms with E-state index < -0.39 is 0 Å². The Labute approximate surface area is 140 Å². The maximum absolute atomic E-state index is 6.22. The zero-order valence-corrected chi connectivity index (χ0v) is 15.8. The van der Waals surface area contributed by atoms with E-state index in [2.05, 4.69) is 0 Å². The molecule has 1 saturated carbocycles. The van der Waals surface area contributed by atoms with Crippen molar-refractivity contribution in [2.75, 3.05) is 0 Å².